The van der Waals surface area contributed by atoms with E-state index in [0.29, 0.717) is 5.57 Å². The van der Waals surface area contributed by atoms with Gasteiger partial charge in [-0.3, -0.25) is 0 Å². The third-order valence-electron chi connectivity index (χ3n) is 1.11. The highest BCUT2D eigenvalue weighted by Crippen LogP contribution is 2.03. The largest absolute Gasteiger partial charge is 0.478 e. The molecular formula is C9H14O2. The summed E-state index contributed by atoms with van der Waals surface area (Å²) in [6, 6.07) is 0. The maximum atomic E-state index is 10.5. The molecule has 0 saturated heterocycles. The average molecular weight is 154 g/mol. The molecule has 0 atom stereocenters. The summed E-state index contributed by atoms with van der Waals surface area (Å²) in [6.45, 7) is 5.70. The fourth-order valence-corrected chi connectivity index (χ4v) is 0.737. The van der Waals surface area contributed by atoms with E-state index in [9.17, 15) is 4.79 Å². The van der Waals surface area contributed by atoms with Gasteiger partial charge in [0.25, 0.3) is 0 Å². The summed E-state index contributed by atoms with van der Waals surface area (Å²) in [5.74, 6) is -0.589. The summed E-state index contributed by atoms with van der Waals surface area (Å²) in [4.78, 5) is 10.5. The maximum absolute atomic E-state index is 10.5. The standard InChI is InChI=1S/C9H14O2/c1-4-5-8(9(10)11)6-7(2)3/h4-7H,1-3H3,(H,10,11)/b5-4+,8-6+. The zero-order valence-electron chi connectivity index (χ0n) is 7.16. The lowest BCUT2D eigenvalue weighted by Gasteiger charge is -1.97. The first-order valence-corrected chi connectivity index (χ1v) is 3.65. The molecule has 0 spiro atoms. The Morgan fingerprint density at radius 1 is 1.45 bits per heavy atom. The minimum absolute atomic E-state index is 0.275. The predicted molar refractivity (Wildman–Crippen MR) is 45.4 cm³/mol. The molecule has 0 unspecified atom stereocenters. The van der Waals surface area contributed by atoms with Gasteiger partial charge in [-0.2, -0.15) is 0 Å². The Balaban J connectivity index is 4.46. The van der Waals surface area contributed by atoms with Crippen molar-refractivity contribution in [2.24, 2.45) is 5.92 Å². The number of rotatable bonds is 3. The second-order valence-electron chi connectivity index (χ2n) is 2.67. The zero-order valence-corrected chi connectivity index (χ0v) is 7.16. The van der Waals surface area contributed by atoms with Crippen molar-refractivity contribution >= 4 is 5.97 Å². The Kier molecular flexibility index (Phi) is 4.27. The summed E-state index contributed by atoms with van der Waals surface area (Å²) in [6.07, 6.45) is 5.05. The monoisotopic (exact) mass is 154 g/mol. The highest BCUT2D eigenvalue weighted by atomic mass is 16.4. The van der Waals surface area contributed by atoms with Gasteiger partial charge in [0, 0.05) is 0 Å². The predicted octanol–water partition coefficient (Wildman–Crippen LogP) is 2.23. The van der Waals surface area contributed by atoms with E-state index in [-0.39, 0.29) is 5.92 Å². The first kappa shape index (κ1) is 9.95. The van der Waals surface area contributed by atoms with Crippen LogP contribution in [0.3, 0.4) is 0 Å². The number of hydrogen-bond acceptors (Lipinski definition) is 1. The van der Waals surface area contributed by atoms with E-state index in [4.69, 9.17) is 5.11 Å². The molecule has 0 amide bonds. The Morgan fingerprint density at radius 2 is 2.00 bits per heavy atom. The number of hydrogen-bond donors (Lipinski definition) is 1. The molecule has 0 aliphatic heterocycles. The van der Waals surface area contributed by atoms with Crippen LogP contribution in [-0.4, -0.2) is 11.1 Å². The SMILES string of the molecule is C/C=C/C(=C\C(C)C)C(=O)O. The van der Waals surface area contributed by atoms with Gasteiger partial charge in [0.1, 0.15) is 0 Å². The Bertz CT molecular complexity index is 188. The molecule has 0 aliphatic carbocycles. The average Bonchev–Trinajstić information content (AvgIpc) is 1.86. The van der Waals surface area contributed by atoms with Crippen molar-refractivity contribution in [2.75, 3.05) is 0 Å². The lowest BCUT2D eigenvalue weighted by atomic mass is 10.1. The van der Waals surface area contributed by atoms with E-state index in [1.54, 1.807) is 25.2 Å². The molecular weight excluding hydrogens is 140 g/mol. The minimum atomic E-state index is -0.864. The van der Waals surface area contributed by atoms with E-state index in [2.05, 4.69) is 0 Å². The van der Waals surface area contributed by atoms with Crippen LogP contribution in [0.25, 0.3) is 0 Å². The van der Waals surface area contributed by atoms with Crippen molar-refractivity contribution in [2.45, 2.75) is 20.8 Å². The molecule has 0 radical (unpaired) electrons. The van der Waals surface area contributed by atoms with Crippen LogP contribution < -0.4 is 0 Å². The van der Waals surface area contributed by atoms with Gasteiger partial charge in [-0.05, 0) is 12.8 Å². The molecule has 0 aromatic rings. The third kappa shape index (κ3) is 4.37. The van der Waals surface area contributed by atoms with Gasteiger partial charge in [0.15, 0.2) is 0 Å². The van der Waals surface area contributed by atoms with Gasteiger partial charge in [0.05, 0.1) is 5.57 Å². The second-order valence-corrected chi connectivity index (χ2v) is 2.67. The molecule has 0 rings (SSSR count). The van der Waals surface area contributed by atoms with Crippen LogP contribution in [0.4, 0.5) is 0 Å². The molecule has 0 fully saturated rings. The van der Waals surface area contributed by atoms with Gasteiger partial charge in [-0.15, -0.1) is 0 Å². The molecule has 62 valence electrons. The van der Waals surface area contributed by atoms with Crippen LogP contribution in [0.1, 0.15) is 20.8 Å². The van der Waals surface area contributed by atoms with Crippen LogP contribution in [0.2, 0.25) is 0 Å². The second kappa shape index (κ2) is 4.72. The number of carbonyl (C=O) groups is 1. The summed E-state index contributed by atoms with van der Waals surface area (Å²) in [5.41, 5.74) is 0.363. The smallest absolute Gasteiger partial charge is 0.335 e. The van der Waals surface area contributed by atoms with Crippen molar-refractivity contribution in [3.05, 3.63) is 23.8 Å². The number of carboxylic acid groups (broad SMARTS) is 1. The van der Waals surface area contributed by atoms with Gasteiger partial charge in [0.2, 0.25) is 0 Å². The molecule has 1 N–H and O–H groups in total. The van der Waals surface area contributed by atoms with Crippen molar-refractivity contribution in [1.82, 2.24) is 0 Å². The number of aliphatic carboxylic acids is 1. The molecule has 0 heterocycles. The molecule has 0 aliphatic rings. The summed E-state index contributed by atoms with van der Waals surface area (Å²) in [7, 11) is 0. The van der Waals surface area contributed by atoms with Crippen LogP contribution in [0, 0.1) is 5.92 Å². The van der Waals surface area contributed by atoms with Gasteiger partial charge < -0.3 is 5.11 Å². The van der Waals surface area contributed by atoms with Crippen molar-refractivity contribution < 1.29 is 9.90 Å². The lowest BCUT2D eigenvalue weighted by Crippen LogP contribution is -1.99. The molecule has 2 heteroatoms. The van der Waals surface area contributed by atoms with Crippen LogP contribution >= 0.6 is 0 Å². The van der Waals surface area contributed by atoms with E-state index in [1.807, 2.05) is 13.8 Å². The van der Waals surface area contributed by atoms with Gasteiger partial charge in [-0.1, -0.05) is 32.1 Å². The van der Waals surface area contributed by atoms with E-state index < -0.39 is 5.97 Å². The molecule has 0 saturated carbocycles. The van der Waals surface area contributed by atoms with Gasteiger partial charge >= 0.3 is 5.97 Å². The molecule has 0 bridgehead atoms. The Morgan fingerprint density at radius 3 is 2.27 bits per heavy atom. The van der Waals surface area contributed by atoms with E-state index in [1.165, 1.54) is 0 Å². The van der Waals surface area contributed by atoms with Crippen molar-refractivity contribution in [1.29, 1.82) is 0 Å². The maximum Gasteiger partial charge on any atom is 0.335 e. The normalized spacial score (nSPS) is 12.9. The topological polar surface area (TPSA) is 37.3 Å². The van der Waals surface area contributed by atoms with Crippen LogP contribution in [0.5, 0.6) is 0 Å². The Labute approximate surface area is 67.2 Å². The zero-order chi connectivity index (χ0) is 8.85. The highest BCUT2D eigenvalue weighted by molar-refractivity contribution is 5.89. The van der Waals surface area contributed by atoms with Gasteiger partial charge in [-0.25, -0.2) is 4.79 Å². The number of allylic oxidation sites excluding steroid dienone is 2. The van der Waals surface area contributed by atoms with Crippen molar-refractivity contribution in [3.63, 3.8) is 0 Å². The summed E-state index contributed by atoms with van der Waals surface area (Å²) in [5, 5.41) is 8.63. The van der Waals surface area contributed by atoms with Crippen molar-refractivity contribution in [3.8, 4) is 0 Å². The fraction of sp³-hybridized carbons (Fsp3) is 0.444. The van der Waals surface area contributed by atoms with Crippen LogP contribution in [-0.2, 0) is 4.79 Å². The summed E-state index contributed by atoms with van der Waals surface area (Å²) < 4.78 is 0. The highest BCUT2D eigenvalue weighted by Gasteiger charge is 2.02. The van der Waals surface area contributed by atoms with E-state index in [0.717, 1.165) is 0 Å². The first-order chi connectivity index (χ1) is 5.07. The summed E-state index contributed by atoms with van der Waals surface area (Å²) >= 11 is 0. The quantitative estimate of drug-likeness (QED) is 0.500. The molecule has 0 aromatic heterocycles. The lowest BCUT2D eigenvalue weighted by molar-refractivity contribution is -0.132. The molecule has 11 heavy (non-hydrogen) atoms. The fourth-order valence-electron chi connectivity index (χ4n) is 0.737. The third-order valence-corrected chi connectivity index (χ3v) is 1.11. The molecule has 0 aromatic carbocycles. The minimum Gasteiger partial charge on any atom is -0.478 e. The van der Waals surface area contributed by atoms with Crippen LogP contribution in [0.15, 0.2) is 23.8 Å². The van der Waals surface area contributed by atoms with E-state index >= 15 is 0 Å². The number of carboxylic acids is 1. The Hall–Kier alpha value is -1.05. The first-order valence-electron chi connectivity index (χ1n) is 3.65. The molecule has 2 nitrogen and oxygen atoms in total.